The lowest BCUT2D eigenvalue weighted by atomic mass is 10.2. The Morgan fingerprint density at radius 2 is 2.33 bits per heavy atom. The first kappa shape index (κ1) is 14.6. The van der Waals surface area contributed by atoms with Crippen molar-refractivity contribution in [3.63, 3.8) is 0 Å². The second-order valence-electron chi connectivity index (χ2n) is 5.28. The lowest BCUT2D eigenvalue weighted by Gasteiger charge is -2.30. The van der Waals surface area contributed by atoms with Crippen LogP contribution in [0.1, 0.15) is 41.9 Å². The van der Waals surface area contributed by atoms with Gasteiger partial charge < -0.3 is 9.26 Å². The van der Waals surface area contributed by atoms with Crippen molar-refractivity contribution in [1.82, 2.24) is 20.0 Å². The maximum atomic E-state index is 5.83. The van der Waals surface area contributed by atoms with Crippen LogP contribution >= 0.6 is 11.3 Å². The van der Waals surface area contributed by atoms with Crippen molar-refractivity contribution in [2.24, 2.45) is 0 Å². The smallest absolute Gasteiger partial charge is 0.226 e. The molecule has 0 amide bonds. The molecule has 0 saturated carbocycles. The average molecular weight is 308 g/mol. The van der Waals surface area contributed by atoms with Gasteiger partial charge in [0, 0.05) is 30.6 Å². The highest BCUT2D eigenvalue weighted by Crippen LogP contribution is 2.25. The minimum atomic E-state index is 0.0551. The van der Waals surface area contributed by atoms with Crippen molar-refractivity contribution >= 4 is 11.3 Å². The molecule has 6 nitrogen and oxygen atoms in total. The van der Waals surface area contributed by atoms with Crippen LogP contribution in [-0.4, -0.2) is 39.7 Å². The number of hydrogen-bond acceptors (Lipinski definition) is 7. The predicted molar refractivity (Wildman–Crippen MR) is 79.1 cm³/mol. The van der Waals surface area contributed by atoms with Gasteiger partial charge in [-0.25, -0.2) is 4.98 Å². The molecule has 0 spiro atoms. The van der Waals surface area contributed by atoms with Crippen LogP contribution in [0.4, 0.5) is 0 Å². The topological polar surface area (TPSA) is 64.3 Å². The highest BCUT2D eigenvalue weighted by atomic mass is 32.1. The van der Waals surface area contributed by atoms with Crippen molar-refractivity contribution in [3.05, 3.63) is 27.8 Å². The highest BCUT2D eigenvalue weighted by molar-refractivity contribution is 7.09. The fraction of sp³-hybridized carbons (Fsp3) is 0.643. The van der Waals surface area contributed by atoms with E-state index in [9.17, 15) is 0 Å². The number of nitrogens with zero attached hydrogens (tertiary/aromatic N) is 4. The molecule has 0 aromatic carbocycles. The van der Waals surface area contributed by atoms with Crippen LogP contribution in [0.5, 0.6) is 0 Å². The molecule has 7 heteroatoms. The zero-order valence-corrected chi connectivity index (χ0v) is 13.2. The first-order chi connectivity index (χ1) is 10.2. The van der Waals surface area contributed by atoms with Gasteiger partial charge >= 0.3 is 0 Å². The van der Waals surface area contributed by atoms with Gasteiger partial charge in [-0.1, -0.05) is 12.1 Å². The van der Waals surface area contributed by atoms with Crippen molar-refractivity contribution in [2.45, 2.75) is 39.3 Å². The van der Waals surface area contributed by atoms with E-state index < -0.39 is 0 Å². The largest absolute Gasteiger partial charge is 0.368 e. The first-order valence-electron chi connectivity index (χ1n) is 7.32. The summed E-state index contributed by atoms with van der Waals surface area (Å²) in [5, 5.41) is 7.17. The summed E-state index contributed by atoms with van der Waals surface area (Å²) in [6.45, 7) is 7.24. The maximum absolute atomic E-state index is 5.83. The van der Waals surface area contributed by atoms with Gasteiger partial charge in [-0.15, -0.1) is 11.3 Å². The molecule has 2 aromatic heterocycles. The normalized spacial score (nSPS) is 20.0. The second kappa shape index (κ2) is 6.64. The van der Waals surface area contributed by atoms with Crippen molar-refractivity contribution in [1.29, 1.82) is 0 Å². The van der Waals surface area contributed by atoms with Crippen LogP contribution < -0.4 is 0 Å². The molecule has 0 bridgehead atoms. The SMILES string of the molecule is CCCc1nc(CN2CCOC(c3nc(C)cs3)C2)no1. The molecule has 0 N–H and O–H groups in total. The third-order valence-electron chi connectivity index (χ3n) is 3.40. The van der Waals surface area contributed by atoms with Crippen LogP contribution in [0, 0.1) is 6.92 Å². The molecule has 0 aliphatic carbocycles. The lowest BCUT2D eigenvalue weighted by Crippen LogP contribution is -2.38. The number of hydrogen-bond donors (Lipinski definition) is 0. The van der Waals surface area contributed by atoms with E-state index in [-0.39, 0.29) is 6.10 Å². The maximum Gasteiger partial charge on any atom is 0.226 e. The van der Waals surface area contributed by atoms with Gasteiger partial charge in [0.15, 0.2) is 5.82 Å². The summed E-state index contributed by atoms with van der Waals surface area (Å²) in [5.74, 6) is 1.49. The zero-order valence-electron chi connectivity index (χ0n) is 12.4. The first-order valence-corrected chi connectivity index (χ1v) is 8.20. The zero-order chi connectivity index (χ0) is 14.7. The fourth-order valence-electron chi connectivity index (χ4n) is 2.39. The van der Waals surface area contributed by atoms with E-state index in [1.807, 2.05) is 6.92 Å². The van der Waals surface area contributed by atoms with Gasteiger partial charge in [-0.05, 0) is 13.3 Å². The molecule has 3 rings (SSSR count). The molecule has 2 aromatic rings. The van der Waals surface area contributed by atoms with E-state index in [0.29, 0.717) is 13.2 Å². The number of aryl methyl sites for hydroxylation is 2. The highest BCUT2D eigenvalue weighted by Gasteiger charge is 2.25. The van der Waals surface area contributed by atoms with Gasteiger partial charge in [-0.3, -0.25) is 4.90 Å². The van der Waals surface area contributed by atoms with E-state index in [4.69, 9.17) is 9.26 Å². The van der Waals surface area contributed by atoms with Crippen LogP contribution in [0.25, 0.3) is 0 Å². The minimum Gasteiger partial charge on any atom is -0.368 e. The Kier molecular flexibility index (Phi) is 4.62. The number of rotatable bonds is 5. The van der Waals surface area contributed by atoms with E-state index in [1.165, 1.54) is 0 Å². The summed E-state index contributed by atoms with van der Waals surface area (Å²) >= 11 is 1.66. The molecule has 1 aliphatic rings. The van der Waals surface area contributed by atoms with E-state index >= 15 is 0 Å². The third kappa shape index (κ3) is 3.66. The van der Waals surface area contributed by atoms with Crippen LogP contribution in [0.3, 0.4) is 0 Å². The molecular weight excluding hydrogens is 288 g/mol. The Hall–Kier alpha value is -1.31. The van der Waals surface area contributed by atoms with Crippen LogP contribution in [0.2, 0.25) is 0 Å². The molecule has 1 saturated heterocycles. The van der Waals surface area contributed by atoms with Crippen molar-refractivity contribution < 1.29 is 9.26 Å². The number of morpholine rings is 1. The average Bonchev–Trinajstić information content (AvgIpc) is 3.09. The van der Waals surface area contributed by atoms with Crippen molar-refractivity contribution in [3.8, 4) is 0 Å². The van der Waals surface area contributed by atoms with Gasteiger partial charge in [0.05, 0.1) is 13.2 Å². The Labute approximate surface area is 128 Å². The number of ether oxygens (including phenoxy) is 1. The molecule has 21 heavy (non-hydrogen) atoms. The van der Waals surface area contributed by atoms with Gasteiger partial charge in [0.25, 0.3) is 0 Å². The summed E-state index contributed by atoms with van der Waals surface area (Å²) in [4.78, 5) is 11.2. The molecule has 1 unspecified atom stereocenters. The van der Waals surface area contributed by atoms with E-state index in [2.05, 4.69) is 32.3 Å². The molecular formula is C14H20N4O2S. The third-order valence-corrected chi connectivity index (χ3v) is 4.46. The molecule has 1 aliphatic heterocycles. The molecule has 1 fully saturated rings. The van der Waals surface area contributed by atoms with E-state index in [0.717, 1.165) is 48.3 Å². The Bertz CT molecular complexity index is 583. The fourth-order valence-corrected chi connectivity index (χ4v) is 3.22. The Balaban J connectivity index is 1.60. The minimum absolute atomic E-state index is 0.0551. The monoisotopic (exact) mass is 308 g/mol. The van der Waals surface area contributed by atoms with Gasteiger partial charge in [0.1, 0.15) is 11.1 Å². The van der Waals surface area contributed by atoms with Crippen molar-refractivity contribution in [2.75, 3.05) is 19.7 Å². The van der Waals surface area contributed by atoms with Crippen LogP contribution in [0.15, 0.2) is 9.90 Å². The van der Waals surface area contributed by atoms with Gasteiger partial charge in [-0.2, -0.15) is 4.98 Å². The molecule has 3 heterocycles. The lowest BCUT2D eigenvalue weighted by molar-refractivity contribution is -0.0339. The molecule has 0 radical (unpaired) electrons. The summed E-state index contributed by atoms with van der Waals surface area (Å²) in [7, 11) is 0. The number of aromatic nitrogens is 3. The quantitative estimate of drug-likeness (QED) is 0.845. The van der Waals surface area contributed by atoms with E-state index in [1.54, 1.807) is 11.3 Å². The summed E-state index contributed by atoms with van der Waals surface area (Å²) < 4.78 is 11.1. The second-order valence-corrected chi connectivity index (χ2v) is 6.17. The summed E-state index contributed by atoms with van der Waals surface area (Å²) in [6, 6.07) is 0. The predicted octanol–water partition coefficient (Wildman–Crippen LogP) is 2.36. The molecule has 114 valence electrons. The van der Waals surface area contributed by atoms with Crippen LogP contribution in [-0.2, 0) is 17.7 Å². The summed E-state index contributed by atoms with van der Waals surface area (Å²) in [6.07, 6.45) is 1.92. The molecule has 1 atom stereocenters. The van der Waals surface area contributed by atoms with Gasteiger partial charge in [0.2, 0.25) is 5.89 Å². The standard InChI is InChI=1S/C14H20N4O2S/c1-3-4-13-16-12(17-20-13)8-18-5-6-19-11(7-18)14-15-10(2)9-21-14/h9,11H,3-8H2,1-2H3. The number of thiazole rings is 1. The summed E-state index contributed by atoms with van der Waals surface area (Å²) in [5.41, 5.74) is 1.05. The Morgan fingerprint density at radius 3 is 3.10 bits per heavy atom. The Morgan fingerprint density at radius 1 is 1.43 bits per heavy atom.